The molecule has 6 nitrogen and oxygen atoms in total. The lowest BCUT2D eigenvalue weighted by Gasteiger charge is -2.05. The van der Waals surface area contributed by atoms with Crippen LogP contribution in [0.15, 0.2) is 35.7 Å². The van der Waals surface area contributed by atoms with Crippen LogP contribution in [0.1, 0.15) is 0 Å². The zero-order valence-corrected chi connectivity index (χ0v) is 9.36. The molecule has 0 saturated heterocycles. The number of aromatic amines is 1. The lowest BCUT2D eigenvalue weighted by atomic mass is 10.3. The Morgan fingerprint density at radius 2 is 2.06 bits per heavy atom. The first kappa shape index (κ1) is 10.9. The van der Waals surface area contributed by atoms with E-state index in [9.17, 15) is 8.42 Å². The van der Waals surface area contributed by atoms with Crippen LogP contribution in [0.5, 0.6) is 5.75 Å². The second kappa shape index (κ2) is 4.11. The molecule has 2 rings (SSSR count). The topological polar surface area (TPSA) is 84.9 Å². The molecule has 1 heterocycles. The van der Waals surface area contributed by atoms with Crippen molar-refractivity contribution >= 4 is 21.7 Å². The molecule has 1 aromatic heterocycles. The maximum absolute atomic E-state index is 11.6. The number of halogens is 1. The molecule has 1 aromatic carbocycles. The van der Waals surface area contributed by atoms with E-state index in [1.807, 2.05) is 0 Å². The molecule has 0 bridgehead atoms. The average Bonchev–Trinajstić information content (AvgIpc) is 2.75. The van der Waals surface area contributed by atoms with Crippen molar-refractivity contribution in [1.29, 1.82) is 0 Å². The minimum Gasteiger partial charge on any atom is -0.375 e. The Bertz CT molecular complexity index is 582. The van der Waals surface area contributed by atoms with Gasteiger partial charge in [-0.3, -0.25) is 0 Å². The maximum atomic E-state index is 11.6. The Morgan fingerprint density at radius 1 is 1.31 bits per heavy atom. The van der Waals surface area contributed by atoms with E-state index >= 15 is 0 Å². The molecule has 0 aliphatic carbocycles. The minimum atomic E-state index is -4.01. The van der Waals surface area contributed by atoms with Crippen LogP contribution in [0.3, 0.4) is 0 Å². The molecule has 0 aliphatic heterocycles. The molecule has 0 aliphatic rings. The molecule has 16 heavy (non-hydrogen) atoms. The summed E-state index contributed by atoms with van der Waals surface area (Å²) in [7, 11) is -4.01. The van der Waals surface area contributed by atoms with Gasteiger partial charge < -0.3 is 4.18 Å². The lowest BCUT2D eigenvalue weighted by molar-refractivity contribution is 0.478. The highest BCUT2D eigenvalue weighted by molar-refractivity contribution is 7.86. The van der Waals surface area contributed by atoms with Crippen LogP contribution in [0, 0.1) is 0 Å². The summed E-state index contributed by atoms with van der Waals surface area (Å²) in [6.07, 6.45) is 1.07. The van der Waals surface area contributed by atoms with Gasteiger partial charge in [0.2, 0.25) is 0 Å². The van der Waals surface area contributed by atoms with E-state index in [1.54, 1.807) is 12.1 Å². The number of H-pyrrole nitrogens is 1. The van der Waals surface area contributed by atoms with E-state index in [1.165, 1.54) is 12.1 Å². The Morgan fingerprint density at radius 3 is 2.69 bits per heavy atom. The van der Waals surface area contributed by atoms with Gasteiger partial charge in [0.25, 0.3) is 5.16 Å². The van der Waals surface area contributed by atoms with Crippen LogP contribution in [0.2, 0.25) is 5.02 Å². The van der Waals surface area contributed by atoms with E-state index in [0.717, 1.165) is 6.33 Å². The quantitative estimate of drug-likeness (QED) is 0.838. The van der Waals surface area contributed by atoms with Gasteiger partial charge in [0.05, 0.1) is 5.02 Å². The summed E-state index contributed by atoms with van der Waals surface area (Å²) in [5.41, 5.74) is 0. The molecule has 0 unspecified atom stereocenters. The second-order valence-electron chi connectivity index (χ2n) is 2.76. The SMILES string of the molecule is O=S(=O)(Oc1ccccc1Cl)c1ncn[nH]1. The van der Waals surface area contributed by atoms with Gasteiger partial charge in [-0.05, 0) is 12.1 Å². The van der Waals surface area contributed by atoms with Gasteiger partial charge in [0, 0.05) is 0 Å². The molecule has 84 valence electrons. The third-order valence-corrected chi connectivity index (χ3v) is 3.05. The van der Waals surface area contributed by atoms with Crippen LogP contribution in [-0.2, 0) is 10.1 Å². The van der Waals surface area contributed by atoms with Crippen LogP contribution in [0.4, 0.5) is 0 Å². The van der Waals surface area contributed by atoms with E-state index in [2.05, 4.69) is 15.2 Å². The number of benzene rings is 1. The van der Waals surface area contributed by atoms with Gasteiger partial charge in [0.1, 0.15) is 6.33 Å². The van der Waals surface area contributed by atoms with Crippen molar-refractivity contribution in [2.45, 2.75) is 5.16 Å². The number of para-hydroxylation sites is 1. The molecule has 2 aromatic rings. The van der Waals surface area contributed by atoms with E-state index < -0.39 is 10.1 Å². The fraction of sp³-hybridized carbons (Fsp3) is 0. The second-order valence-corrected chi connectivity index (χ2v) is 4.63. The van der Waals surface area contributed by atoms with E-state index in [4.69, 9.17) is 15.8 Å². The van der Waals surface area contributed by atoms with E-state index in [0.29, 0.717) is 0 Å². The fourth-order valence-electron chi connectivity index (χ4n) is 0.985. The van der Waals surface area contributed by atoms with Crippen molar-refractivity contribution in [1.82, 2.24) is 15.2 Å². The van der Waals surface area contributed by atoms with Crippen LogP contribution in [-0.4, -0.2) is 23.6 Å². The van der Waals surface area contributed by atoms with Gasteiger partial charge in [0.15, 0.2) is 5.75 Å². The lowest BCUT2D eigenvalue weighted by Crippen LogP contribution is -2.11. The van der Waals surface area contributed by atoms with Crippen LogP contribution >= 0.6 is 11.6 Å². The fourth-order valence-corrected chi connectivity index (χ4v) is 2.01. The van der Waals surface area contributed by atoms with Crippen molar-refractivity contribution in [3.63, 3.8) is 0 Å². The van der Waals surface area contributed by atoms with Crippen molar-refractivity contribution in [3.05, 3.63) is 35.6 Å². The number of hydrogen-bond donors (Lipinski definition) is 1. The first-order valence-corrected chi connectivity index (χ1v) is 5.92. The van der Waals surface area contributed by atoms with E-state index in [-0.39, 0.29) is 15.9 Å². The largest absolute Gasteiger partial charge is 0.375 e. The van der Waals surface area contributed by atoms with Gasteiger partial charge in [-0.1, -0.05) is 23.7 Å². The molecule has 0 atom stereocenters. The Hall–Kier alpha value is -1.60. The van der Waals surface area contributed by atoms with Crippen LogP contribution in [0.25, 0.3) is 0 Å². The highest BCUT2D eigenvalue weighted by atomic mass is 35.5. The Labute approximate surface area is 96.4 Å². The molecule has 0 fully saturated rings. The summed E-state index contributed by atoms with van der Waals surface area (Å²) in [5, 5.41) is 5.46. The third-order valence-electron chi connectivity index (χ3n) is 1.67. The summed E-state index contributed by atoms with van der Waals surface area (Å²) in [4.78, 5) is 3.49. The smallest absolute Gasteiger partial charge is 0.374 e. The zero-order valence-electron chi connectivity index (χ0n) is 7.79. The molecular formula is C8H6ClN3O3S. The number of nitrogens with zero attached hydrogens (tertiary/aromatic N) is 2. The highest BCUT2D eigenvalue weighted by Crippen LogP contribution is 2.25. The summed E-state index contributed by atoms with van der Waals surface area (Å²) in [6, 6.07) is 6.23. The first-order chi connectivity index (χ1) is 7.59. The van der Waals surface area contributed by atoms with Crippen molar-refractivity contribution in [2.75, 3.05) is 0 Å². The molecule has 0 amide bonds. The number of rotatable bonds is 3. The van der Waals surface area contributed by atoms with Crippen LogP contribution < -0.4 is 4.18 Å². The molecule has 0 spiro atoms. The molecule has 1 N–H and O–H groups in total. The summed E-state index contributed by atoms with van der Waals surface area (Å²) >= 11 is 5.76. The molecule has 8 heteroatoms. The normalized spacial score (nSPS) is 11.3. The summed E-state index contributed by atoms with van der Waals surface area (Å²) in [5.74, 6) is 0.0422. The summed E-state index contributed by atoms with van der Waals surface area (Å²) < 4.78 is 28.0. The number of nitrogens with one attached hydrogen (secondary N) is 1. The molecule has 0 radical (unpaired) electrons. The highest BCUT2D eigenvalue weighted by Gasteiger charge is 2.21. The molecule has 0 saturated carbocycles. The minimum absolute atomic E-state index is 0.0422. The maximum Gasteiger partial charge on any atom is 0.374 e. The monoisotopic (exact) mass is 259 g/mol. The van der Waals surface area contributed by atoms with Crippen molar-refractivity contribution in [3.8, 4) is 5.75 Å². The van der Waals surface area contributed by atoms with Crippen molar-refractivity contribution in [2.24, 2.45) is 0 Å². The predicted molar refractivity (Wildman–Crippen MR) is 55.6 cm³/mol. The Kier molecular flexibility index (Phi) is 2.80. The molecular weight excluding hydrogens is 254 g/mol. The van der Waals surface area contributed by atoms with Crippen molar-refractivity contribution < 1.29 is 12.6 Å². The Balaban J connectivity index is 2.33. The third kappa shape index (κ3) is 2.15. The zero-order chi connectivity index (χ0) is 11.6. The summed E-state index contributed by atoms with van der Waals surface area (Å²) in [6.45, 7) is 0. The van der Waals surface area contributed by atoms with Gasteiger partial charge in [-0.15, -0.1) is 0 Å². The predicted octanol–water partition coefficient (Wildman–Crippen LogP) is 1.23. The number of aromatic nitrogens is 3. The standard InChI is InChI=1S/C8H6ClN3O3S/c9-6-3-1-2-4-7(6)15-16(13,14)8-10-5-11-12-8/h1-5H,(H,10,11,12). The van der Waals surface area contributed by atoms with Gasteiger partial charge in [-0.2, -0.15) is 13.5 Å². The first-order valence-electron chi connectivity index (χ1n) is 4.14. The van der Waals surface area contributed by atoms with Gasteiger partial charge >= 0.3 is 10.1 Å². The van der Waals surface area contributed by atoms with Gasteiger partial charge in [-0.25, -0.2) is 10.1 Å². The number of hydrogen-bond acceptors (Lipinski definition) is 5. The average molecular weight is 260 g/mol.